The van der Waals surface area contributed by atoms with E-state index in [0.717, 1.165) is 0 Å². The number of carbonyl (C=O) groups is 1. The van der Waals surface area contributed by atoms with E-state index in [-0.39, 0.29) is 17.9 Å². The van der Waals surface area contributed by atoms with Crippen LogP contribution in [0.3, 0.4) is 0 Å². The minimum atomic E-state index is -0.566. The van der Waals surface area contributed by atoms with Crippen LogP contribution in [0.1, 0.15) is 10.4 Å². The first-order valence-electron chi connectivity index (χ1n) is 3.91. The number of halogens is 1. The molecule has 0 aromatic heterocycles. The Morgan fingerprint density at radius 3 is 3.00 bits per heavy atom. The van der Waals surface area contributed by atoms with E-state index in [0.29, 0.717) is 4.47 Å². The van der Waals surface area contributed by atoms with Gasteiger partial charge in [-0.05, 0) is 18.2 Å². The Hall–Kier alpha value is -1.29. The number of esters is 1. The normalized spacial score (nSPS) is 9.50. The lowest BCUT2D eigenvalue weighted by molar-refractivity contribution is 0.0546. The van der Waals surface area contributed by atoms with Gasteiger partial charge >= 0.3 is 5.97 Å². The van der Waals surface area contributed by atoms with Crippen LogP contribution in [0.5, 0.6) is 5.75 Å². The van der Waals surface area contributed by atoms with Gasteiger partial charge in [-0.3, -0.25) is 0 Å². The molecule has 4 heteroatoms. The van der Waals surface area contributed by atoms with Gasteiger partial charge in [0.1, 0.15) is 17.9 Å². The summed E-state index contributed by atoms with van der Waals surface area (Å²) in [7, 11) is 0. The molecule has 0 saturated carbocycles. The van der Waals surface area contributed by atoms with E-state index in [1.165, 1.54) is 18.2 Å². The highest BCUT2D eigenvalue weighted by atomic mass is 79.9. The van der Waals surface area contributed by atoms with Crippen molar-refractivity contribution in [3.63, 3.8) is 0 Å². The van der Waals surface area contributed by atoms with Crippen molar-refractivity contribution in [2.45, 2.75) is 0 Å². The topological polar surface area (TPSA) is 46.5 Å². The maximum Gasteiger partial charge on any atom is 0.342 e. The fraction of sp³-hybridized carbons (Fsp3) is 0.100. The van der Waals surface area contributed by atoms with E-state index in [4.69, 9.17) is 4.74 Å². The molecule has 1 N–H and O–H groups in total. The Labute approximate surface area is 90.1 Å². The molecule has 0 fully saturated rings. The minimum absolute atomic E-state index is 0.0951. The highest BCUT2D eigenvalue weighted by Crippen LogP contribution is 2.22. The quantitative estimate of drug-likeness (QED) is 0.668. The van der Waals surface area contributed by atoms with Crippen molar-refractivity contribution >= 4 is 21.9 Å². The smallest absolute Gasteiger partial charge is 0.342 e. The van der Waals surface area contributed by atoms with Gasteiger partial charge in [-0.1, -0.05) is 28.6 Å². The number of ether oxygens (including phenoxy) is 1. The van der Waals surface area contributed by atoms with Crippen molar-refractivity contribution in [2.24, 2.45) is 0 Å². The van der Waals surface area contributed by atoms with Gasteiger partial charge in [0.25, 0.3) is 0 Å². The van der Waals surface area contributed by atoms with Crippen molar-refractivity contribution in [1.29, 1.82) is 0 Å². The van der Waals surface area contributed by atoms with Gasteiger partial charge in [-0.2, -0.15) is 0 Å². The first kappa shape index (κ1) is 10.8. The highest BCUT2D eigenvalue weighted by Gasteiger charge is 2.11. The molecule has 1 rings (SSSR count). The van der Waals surface area contributed by atoms with Crippen LogP contribution < -0.4 is 0 Å². The lowest BCUT2D eigenvalue weighted by Gasteiger charge is -2.04. The summed E-state index contributed by atoms with van der Waals surface area (Å²) >= 11 is 3.19. The van der Waals surface area contributed by atoms with Gasteiger partial charge in [0.2, 0.25) is 0 Å². The van der Waals surface area contributed by atoms with E-state index in [2.05, 4.69) is 22.5 Å². The molecule has 14 heavy (non-hydrogen) atoms. The zero-order chi connectivity index (χ0) is 10.6. The molecule has 0 radical (unpaired) electrons. The fourth-order valence-electron chi connectivity index (χ4n) is 0.884. The number of phenolic OH excluding ortho intramolecular Hbond substituents is 1. The number of benzene rings is 1. The van der Waals surface area contributed by atoms with Gasteiger partial charge in [0.05, 0.1) is 0 Å². The second-order valence-electron chi connectivity index (χ2n) is 2.55. The zero-order valence-electron chi connectivity index (χ0n) is 7.37. The van der Waals surface area contributed by atoms with E-state index < -0.39 is 5.97 Å². The molecule has 0 aliphatic carbocycles. The monoisotopic (exact) mass is 256 g/mol. The van der Waals surface area contributed by atoms with Gasteiger partial charge in [0, 0.05) is 4.47 Å². The van der Waals surface area contributed by atoms with Crippen LogP contribution in [-0.2, 0) is 4.74 Å². The summed E-state index contributed by atoms with van der Waals surface area (Å²) in [6, 6.07) is 4.56. The number of hydrogen-bond donors (Lipinski definition) is 1. The predicted octanol–water partition coefficient (Wildman–Crippen LogP) is 2.50. The first-order chi connectivity index (χ1) is 6.65. The number of phenols is 1. The van der Waals surface area contributed by atoms with Gasteiger partial charge in [-0.15, -0.1) is 0 Å². The number of hydrogen-bond acceptors (Lipinski definition) is 3. The summed E-state index contributed by atoms with van der Waals surface area (Å²) in [6.45, 7) is 3.55. The predicted molar refractivity (Wildman–Crippen MR) is 56.3 cm³/mol. The zero-order valence-corrected chi connectivity index (χ0v) is 8.95. The highest BCUT2D eigenvalue weighted by molar-refractivity contribution is 9.10. The van der Waals surface area contributed by atoms with Crippen molar-refractivity contribution < 1.29 is 14.6 Å². The van der Waals surface area contributed by atoms with Gasteiger partial charge in [-0.25, -0.2) is 4.79 Å². The average molecular weight is 257 g/mol. The minimum Gasteiger partial charge on any atom is -0.507 e. The molecule has 0 atom stereocenters. The molecule has 1 aromatic carbocycles. The lowest BCUT2D eigenvalue weighted by Crippen LogP contribution is -2.05. The molecular weight excluding hydrogens is 248 g/mol. The molecule has 3 nitrogen and oxygen atoms in total. The summed E-state index contributed by atoms with van der Waals surface area (Å²) in [5.41, 5.74) is 0.140. The molecule has 0 spiro atoms. The molecule has 0 amide bonds. The van der Waals surface area contributed by atoms with Crippen LogP contribution in [0.2, 0.25) is 0 Å². The molecular formula is C10H9BrO3. The average Bonchev–Trinajstić information content (AvgIpc) is 2.18. The third kappa shape index (κ3) is 2.60. The standard InChI is InChI=1S/C10H9BrO3/c1-2-5-14-10(13)8-6-7(11)3-4-9(8)12/h2-4,6,12H,1,5H2. The second-order valence-corrected chi connectivity index (χ2v) is 3.46. The van der Waals surface area contributed by atoms with E-state index in [1.54, 1.807) is 6.07 Å². The van der Waals surface area contributed by atoms with Crippen LogP contribution in [0.4, 0.5) is 0 Å². The van der Waals surface area contributed by atoms with E-state index in [9.17, 15) is 9.90 Å². The van der Waals surface area contributed by atoms with Crippen LogP contribution in [0.25, 0.3) is 0 Å². The molecule has 0 unspecified atom stereocenters. The van der Waals surface area contributed by atoms with Crippen molar-refractivity contribution in [3.8, 4) is 5.75 Å². The Bertz CT molecular complexity index is 360. The third-order valence-electron chi connectivity index (χ3n) is 1.51. The Morgan fingerprint density at radius 1 is 1.64 bits per heavy atom. The molecule has 0 saturated heterocycles. The summed E-state index contributed by atoms with van der Waals surface area (Å²) in [5.74, 6) is -0.661. The van der Waals surface area contributed by atoms with Gasteiger partial charge < -0.3 is 9.84 Å². The lowest BCUT2D eigenvalue weighted by atomic mass is 10.2. The van der Waals surface area contributed by atoms with Crippen LogP contribution in [0.15, 0.2) is 35.3 Å². The summed E-state index contributed by atoms with van der Waals surface area (Å²) in [6.07, 6.45) is 1.47. The molecule has 1 aromatic rings. The maximum absolute atomic E-state index is 11.3. The summed E-state index contributed by atoms with van der Waals surface area (Å²) in [4.78, 5) is 11.3. The molecule has 0 aliphatic heterocycles. The third-order valence-corrected chi connectivity index (χ3v) is 2.00. The first-order valence-corrected chi connectivity index (χ1v) is 4.71. The second kappa shape index (κ2) is 4.81. The van der Waals surface area contributed by atoms with Gasteiger partial charge in [0.15, 0.2) is 0 Å². The number of carbonyl (C=O) groups excluding carboxylic acids is 1. The Kier molecular flexibility index (Phi) is 3.71. The van der Waals surface area contributed by atoms with Crippen LogP contribution in [0, 0.1) is 0 Å². The van der Waals surface area contributed by atoms with E-state index in [1.807, 2.05) is 0 Å². The van der Waals surface area contributed by atoms with E-state index >= 15 is 0 Å². The van der Waals surface area contributed by atoms with Crippen LogP contribution in [-0.4, -0.2) is 17.7 Å². The van der Waals surface area contributed by atoms with Crippen molar-refractivity contribution in [3.05, 3.63) is 40.9 Å². The van der Waals surface area contributed by atoms with Crippen molar-refractivity contribution in [1.82, 2.24) is 0 Å². The maximum atomic E-state index is 11.3. The fourth-order valence-corrected chi connectivity index (χ4v) is 1.25. The largest absolute Gasteiger partial charge is 0.507 e. The SMILES string of the molecule is C=CCOC(=O)c1cc(Br)ccc1O. The molecule has 0 aliphatic rings. The Morgan fingerprint density at radius 2 is 2.36 bits per heavy atom. The molecule has 74 valence electrons. The molecule has 0 bridgehead atoms. The summed E-state index contributed by atoms with van der Waals surface area (Å²) in [5, 5.41) is 9.36. The van der Waals surface area contributed by atoms with Crippen molar-refractivity contribution in [2.75, 3.05) is 6.61 Å². The van der Waals surface area contributed by atoms with Crippen LogP contribution >= 0.6 is 15.9 Å². The Balaban J connectivity index is 2.88. The molecule has 0 heterocycles. The summed E-state index contributed by atoms with van der Waals surface area (Å²) < 4.78 is 5.48. The number of rotatable bonds is 3. The number of aromatic hydroxyl groups is 1.